The highest BCUT2D eigenvalue weighted by molar-refractivity contribution is 5.94. The maximum absolute atomic E-state index is 11.2. The second kappa shape index (κ2) is 5.14. The number of pyridine rings is 1. The van der Waals surface area contributed by atoms with Crippen molar-refractivity contribution in [3.05, 3.63) is 23.4 Å². The average Bonchev–Trinajstić information content (AvgIpc) is 2.30. The van der Waals surface area contributed by atoms with Gasteiger partial charge in [0.2, 0.25) is 0 Å². The molecule has 2 N–H and O–H groups in total. The Morgan fingerprint density at radius 2 is 2.47 bits per heavy atom. The van der Waals surface area contributed by atoms with Crippen molar-refractivity contribution in [3.63, 3.8) is 0 Å². The molecule has 1 aromatic heterocycles. The van der Waals surface area contributed by atoms with Crippen LogP contribution in [0.4, 0.5) is 5.82 Å². The topological polar surface area (TPSA) is 71.5 Å². The Hall–Kier alpha value is -1.62. The van der Waals surface area contributed by atoms with E-state index < -0.39 is 5.97 Å². The summed E-state index contributed by atoms with van der Waals surface area (Å²) < 4.78 is 5.35. The summed E-state index contributed by atoms with van der Waals surface area (Å²) in [5.41, 5.74) is 0.963. The standard InChI is InChI=1S/C12H16N2O3/c1-8-4-5-13-11(10(8)12(15)16)14-9-3-2-6-17-7-9/h4-5,9H,2-3,6-7H2,1H3,(H,13,14)(H,15,16). The highest BCUT2D eigenvalue weighted by Crippen LogP contribution is 2.19. The summed E-state index contributed by atoms with van der Waals surface area (Å²) in [5.74, 6) is -0.511. The molecular formula is C12H16N2O3. The number of hydrogen-bond donors (Lipinski definition) is 2. The van der Waals surface area contributed by atoms with Crippen LogP contribution in [-0.4, -0.2) is 35.3 Å². The van der Waals surface area contributed by atoms with Crippen molar-refractivity contribution in [1.82, 2.24) is 4.98 Å². The molecule has 0 spiro atoms. The molecule has 2 heterocycles. The molecule has 5 heteroatoms. The maximum atomic E-state index is 11.2. The van der Waals surface area contributed by atoms with E-state index in [-0.39, 0.29) is 11.6 Å². The zero-order valence-corrected chi connectivity index (χ0v) is 9.77. The van der Waals surface area contributed by atoms with Crippen LogP contribution in [0.2, 0.25) is 0 Å². The summed E-state index contributed by atoms with van der Waals surface area (Å²) in [5, 5.41) is 12.3. The van der Waals surface area contributed by atoms with Gasteiger partial charge in [0.05, 0.1) is 12.6 Å². The first-order chi connectivity index (χ1) is 8.18. The van der Waals surface area contributed by atoms with E-state index in [1.54, 1.807) is 19.2 Å². The first kappa shape index (κ1) is 11.9. The average molecular weight is 236 g/mol. The van der Waals surface area contributed by atoms with E-state index in [0.29, 0.717) is 18.0 Å². The molecule has 1 atom stereocenters. The molecule has 0 aromatic carbocycles. The smallest absolute Gasteiger partial charge is 0.339 e. The number of aryl methyl sites for hydroxylation is 1. The van der Waals surface area contributed by atoms with E-state index in [9.17, 15) is 4.79 Å². The van der Waals surface area contributed by atoms with Crippen LogP contribution >= 0.6 is 0 Å². The molecule has 1 aliphatic rings. The molecular weight excluding hydrogens is 220 g/mol. The van der Waals surface area contributed by atoms with Crippen molar-refractivity contribution in [2.75, 3.05) is 18.5 Å². The van der Waals surface area contributed by atoms with Gasteiger partial charge in [0.25, 0.3) is 0 Å². The van der Waals surface area contributed by atoms with Crippen LogP contribution in [0, 0.1) is 6.92 Å². The van der Waals surface area contributed by atoms with Crippen LogP contribution in [0.1, 0.15) is 28.8 Å². The van der Waals surface area contributed by atoms with Gasteiger partial charge < -0.3 is 15.2 Å². The number of ether oxygens (including phenoxy) is 1. The Bertz CT molecular complexity index is 414. The van der Waals surface area contributed by atoms with Gasteiger partial charge in [-0.15, -0.1) is 0 Å². The summed E-state index contributed by atoms with van der Waals surface area (Å²) in [6.45, 7) is 3.16. The van der Waals surface area contributed by atoms with E-state index in [1.165, 1.54) is 0 Å². The summed E-state index contributed by atoms with van der Waals surface area (Å²) in [6, 6.07) is 1.85. The molecule has 2 rings (SSSR count). The third-order valence-electron chi connectivity index (χ3n) is 2.87. The summed E-state index contributed by atoms with van der Waals surface area (Å²) >= 11 is 0. The normalized spacial score (nSPS) is 19.9. The minimum atomic E-state index is -0.949. The fraction of sp³-hybridized carbons (Fsp3) is 0.500. The third-order valence-corrected chi connectivity index (χ3v) is 2.87. The molecule has 1 aromatic rings. The molecule has 0 aliphatic carbocycles. The molecule has 17 heavy (non-hydrogen) atoms. The number of nitrogens with zero attached hydrogens (tertiary/aromatic N) is 1. The minimum absolute atomic E-state index is 0.149. The molecule has 5 nitrogen and oxygen atoms in total. The second-order valence-corrected chi connectivity index (χ2v) is 4.22. The van der Waals surface area contributed by atoms with Gasteiger partial charge >= 0.3 is 5.97 Å². The first-order valence-corrected chi connectivity index (χ1v) is 5.71. The number of aromatic carboxylic acids is 1. The predicted octanol–water partition coefficient (Wildman–Crippen LogP) is 1.68. The van der Waals surface area contributed by atoms with E-state index in [2.05, 4.69) is 10.3 Å². The maximum Gasteiger partial charge on any atom is 0.339 e. The molecule has 0 saturated carbocycles. The first-order valence-electron chi connectivity index (χ1n) is 5.71. The SMILES string of the molecule is Cc1ccnc(NC2CCCOC2)c1C(=O)O. The quantitative estimate of drug-likeness (QED) is 0.835. The van der Waals surface area contributed by atoms with E-state index in [1.807, 2.05) is 0 Å². The van der Waals surface area contributed by atoms with Crippen molar-refractivity contribution in [2.45, 2.75) is 25.8 Å². The number of anilines is 1. The number of hydrogen-bond acceptors (Lipinski definition) is 4. The van der Waals surface area contributed by atoms with Gasteiger partial charge in [-0.05, 0) is 31.4 Å². The second-order valence-electron chi connectivity index (χ2n) is 4.22. The van der Waals surface area contributed by atoms with Gasteiger partial charge in [0.15, 0.2) is 0 Å². The Kier molecular flexibility index (Phi) is 3.58. The lowest BCUT2D eigenvalue weighted by molar-refractivity contribution is 0.0695. The number of carboxylic acids is 1. The lowest BCUT2D eigenvalue weighted by atomic mass is 10.1. The largest absolute Gasteiger partial charge is 0.478 e. The summed E-state index contributed by atoms with van der Waals surface area (Å²) in [4.78, 5) is 15.3. The molecule has 0 radical (unpaired) electrons. The van der Waals surface area contributed by atoms with Crippen molar-refractivity contribution in [1.29, 1.82) is 0 Å². The van der Waals surface area contributed by atoms with E-state index in [0.717, 1.165) is 19.4 Å². The van der Waals surface area contributed by atoms with Crippen LogP contribution < -0.4 is 5.32 Å². The molecule has 1 fully saturated rings. The predicted molar refractivity (Wildman–Crippen MR) is 63.4 cm³/mol. The van der Waals surface area contributed by atoms with Crippen LogP contribution in [0.25, 0.3) is 0 Å². The van der Waals surface area contributed by atoms with Crippen LogP contribution in [0.3, 0.4) is 0 Å². The number of rotatable bonds is 3. The van der Waals surface area contributed by atoms with E-state index >= 15 is 0 Å². The molecule has 0 bridgehead atoms. The van der Waals surface area contributed by atoms with E-state index in [4.69, 9.17) is 9.84 Å². The van der Waals surface area contributed by atoms with Gasteiger partial charge in [0.1, 0.15) is 11.4 Å². The van der Waals surface area contributed by atoms with Crippen LogP contribution in [0.15, 0.2) is 12.3 Å². The highest BCUT2D eigenvalue weighted by atomic mass is 16.5. The van der Waals surface area contributed by atoms with Gasteiger partial charge in [-0.1, -0.05) is 0 Å². The lowest BCUT2D eigenvalue weighted by Gasteiger charge is -2.24. The molecule has 1 aliphatic heterocycles. The number of carbonyl (C=O) groups is 1. The van der Waals surface area contributed by atoms with Crippen LogP contribution in [0.5, 0.6) is 0 Å². The Balaban J connectivity index is 2.19. The molecule has 1 unspecified atom stereocenters. The van der Waals surface area contributed by atoms with Crippen molar-refractivity contribution >= 4 is 11.8 Å². The van der Waals surface area contributed by atoms with Crippen molar-refractivity contribution in [2.24, 2.45) is 0 Å². The molecule has 1 saturated heterocycles. The zero-order valence-electron chi connectivity index (χ0n) is 9.77. The third kappa shape index (κ3) is 2.74. The van der Waals surface area contributed by atoms with Crippen molar-refractivity contribution in [3.8, 4) is 0 Å². The lowest BCUT2D eigenvalue weighted by Crippen LogP contribution is -2.31. The Morgan fingerprint density at radius 3 is 3.12 bits per heavy atom. The van der Waals surface area contributed by atoms with Crippen LogP contribution in [-0.2, 0) is 4.74 Å². The van der Waals surface area contributed by atoms with Crippen molar-refractivity contribution < 1.29 is 14.6 Å². The summed E-state index contributed by atoms with van der Waals surface area (Å²) in [7, 11) is 0. The van der Waals surface area contributed by atoms with Gasteiger partial charge in [-0.3, -0.25) is 0 Å². The number of aromatic nitrogens is 1. The zero-order chi connectivity index (χ0) is 12.3. The Morgan fingerprint density at radius 1 is 1.65 bits per heavy atom. The number of carboxylic acid groups (broad SMARTS) is 1. The number of nitrogens with one attached hydrogen (secondary N) is 1. The fourth-order valence-corrected chi connectivity index (χ4v) is 1.99. The minimum Gasteiger partial charge on any atom is -0.478 e. The Labute approximate surface area is 99.8 Å². The monoisotopic (exact) mass is 236 g/mol. The van der Waals surface area contributed by atoms with Gasteiger partial charge in [-0.25, -0.2) is 9.78 Å². The summed E-state index contributed by atoms with van der Waals surface area (Å²) in [6.07, 6.45) is 3.59. The van der Waals surface area contributed by atoms with Gasteiger partial charge in [0, 0.05) is 12.8 Å². The highest BCUT2D eigenvalue weighted by Gasteiger charge is 2.19. The molecule has 0 amide bonds. The molecule has 92 valence electrons. The fourth-order valence-electron chi connectivity index (χ4n) is 1.99. The van der Waals surface area contributed by atoms with Gasteiger partial charge in [-0.2, -0.15) is 0 Å².